The summed E-state index contributed by atoms with van der Waals surface area (Å²) in [4.78, 5) is 3.35. The van der Waals surface area contributed by atoms with Crippen molar-refractivity contribution in [3.8, 4) is 11.8 Å². The molecule has 66 valence electrons. The van der Waals surface area contributed by atoms with Crippen molar-refractivity contribution in [1.82, 2.24) is 4.98 Å². The Bertz CT molecular complexity index is 379. The van der Waals surface area contributed by atoms with Crippen molar-refractivity contribution in [3.63, 3.8) is 0 Å². The minimum Gasteiger partial charge on any atom is -0.259 e. The summed E-state index contributed by atoms with van der Waals surface area (Å²) in [5.74, 6) is 3.52. The van der Waals surface area contributed by atoms with Crippen molar-refractivity contribution in [2.75, 3.05) is 0 Å². The highest BCUT2D eigenvalue weighted by atomic mass is 19.1. The summed E-state index contributed by atoms with van der Waals surface area (Å²) in [6.45, 7) is 5.03. The van der Waals surface area contributed by atoms with Gasteiger partial charge in [0, 0.05) is 5.57 Å². The standard InChI is InChI=1S/C10H7F2N/c1-3-4-7(2)10-8(11)5-13-6-9(10)12/h5-6H,2H2,1H3. The molecule has 0 atom stereocenters. The van der Waals surface area contributed by atoms with Gasteiger partial charge in [-0.15, -0.1) is 5.92 Å². The first-order valence-electron chi connectivity index (χ1n) is 3.58. The van der Waals surface area contributed by atoms with Crippen LogP contribution in [0.1, 0.15) is 12.5 Å². The normalized spacial score (nSPS) is 8.85. The predicted molar refractivity (Wildman–Crippen MR) is 46.6 cm³/mol. The molecule has 0 fully saturated rings. The molecule has 13 heavy (non-hydrogen) atoms. The fourth-order valence-corrected chi connectivity index (χ4v) is 0.913. The van der Waals surface area contributed by atoms with Crippen LogP contribution in [0.15, 0.2) is 19.0 Å². The first kappa shape index (κ1) is 9.40. The molecule has 1 heterocycles. The van der Waals surface area contributed by atoms with Crippen LogP contribution in [0.25, 0.3) is 5.57 Å². The summed E-state index contributed by atoms with van der Waals surface area (Å²) < 4.78 is 26.0. The van der Waals surface area contributed by atoms with Crippen molar-refractivity contribution in [3.05, 3.63) is 36.2 Å². The van der Waals surface area contributed by atoms with Gasteiger partial charge in [0.05, 0.1) is 18.0 Å². The van der Waals surface area contributed by atoms with Crippen LogP contribution < -0.4 is 0 Å². The molecule has 3 heteroatoms. The van der Waals surface area contributed by atoms with E-state index in [2.05, 4.69) is 23.4 Å². The topological polar surface area (TPSA) is 12.9 Å². The minimum absolute atomic E-state index is 0.125. The summed E-state index contributed by atoms with van der Waals surface area (Å²) in [6.07, 6.45) is 1.86. The highest BCUT2D eigenvalue weighted by Gasteiger charge is 2.10. The van der Waals surface area contributed by atoms with Gasteiger partial charge in [-0.3, -0.25) is 4.98 Å². The molecule has 1 nitrogen and oxygen atoms in total. The van der Waals surface area contributed by atoms with Crippen LogP contribution in [0.2, 0.25) is 0 Å². The molecule has 0 saturated carbocycles. The Balaban J connectivity index is 3.25. The third-order valence-corrected chi connectivity index (χ3v) is 1.43. The molecule has 0 aliphatic rings. The second-order valence-electron chi connectivity index (χ2n) is 2.33. The van der Waals surface area contributed by atoms with Gasteiger partial charge < -0.3 is 0 Å². The molecular weight excluding hydrogens is 172 g/mol. The van der Waals surface area contributed by atoms with E-state index in [0.717, 1.165) is 12.4 Å². The Morgan fingerprint density at radius 2 is 1.92 bits per heavy atom. The van der Waals surface area contributed by atoms with E-state index >= 15 is 0 Å². The molecule has 0 aliphatic carbocycles. The van der Waals surface area contributed by atoms with E-state index in [9.17, 15) is 8.78 Å². The molecule has 0 radical (unpaired) electrons. The van der Waals surface area contributed by atoms with E-state index in [4.69, 9.17) is 0 Å². The largest absolute Gasteiger partial charge is 0.259 e. The maximum absolute atomic E-state index is 13.0. The SMILES string of the molecule is C=C(C#CC)c1c(F)cncc1F. The van der Waals surface area contributed by atoms with E-state index < -0.39 is 11.6 Å². The maximum atomic E-state index is 13.0. The smallest absolute Gasteiger partial charge is 0.152 e. The zero-order valence-electron chi connectivity index (χ0n) is 7.06. The van der Waals surface area contributed by atoms with Crippen LogP contribution in [-0.4, -0.2) is 4.98 Å². The monoisotopic (exact) mass is 179 g/mol. The number of aromatic nitrogens is 1. The number of rotatable bonds is 1. The van der Waals surface area contributed by atoms with Gasteiger partial charge in [0.2, 0.25) is 0 Å². The fraction of sp³-hybridized carbons (Fsp3) is 0.100. The van der Waals surface area contributed by atoms with Crippen LogP contribution in [0.5, 0.6) is 0 Å². The number of halogens is 2. The first-order chi connectivity index (χ1) is 6.16. The zero-order chi connectivity index (χ0) is 9.84. The molecule has 0 unspecified atom stereocenters. The average molecular weight is 179 g/mol. The van der Waals surface area contributed by atoms with Crippen molar-refractivity contribution in [2.24, 2.45) is 0 Å². The molecule has 1 aromatic rings. The maximum Gasteiger partial charge on any atom is 0.152 e. The van der Waals surface area contributed by atoms with Crippen molar-refractivity contribution >= 4 is 5.57 Å². The third kappa shape index (κ3) is 1.91. The lowest BCUT2D eigenvalue weighted by Gasteiger charge is -2.00. The lowest BCUT2D eigenvalue weighted by Crippen LogP contribution is -1.94. The zero-order valence-corrected chi connectivity index (χ0v) is 7.06. The predicted octanol–water partition coefficient (Wildman–Crippen LogP) is 2.40. The molecule has 0 saturated heterocycles. The molecular formula is C10H7F2N. The molecule has 0 spiro atoms. The molecule has 0 amide bonds. The lowest BCUT2D eigenvalue weighted by molar-refractivity contribution is 0.567. The van der Waals surface area contributed by atoms with E-state index in [-0.39, 0.29) is 11.1 Å². The number of hydrogen-bond acceptors (Lipinski definition) is 1. The number of hydrogen-bond donors (Lipinski definition) is 0. The Hall–Kier alpha value is -1.69. The highest BCUT2D eigenvalue weighted by Crippen LogP contribution is 2.18. The van der Waals surface area contributed by atoms with Crippen LogP contribution in [0, 0.1) is 23.5 Å². The molecule has 0 aliphatic heterocycles. The minimum atomic E-state index is -0.743. The Morgan fingerprint density at radius 3 is 2.38 bits per heavy atom. The quantitative estimate of drug-likeness (QED) is 0.603. The van der Waals surface area contributed by atoms with Crippen molar-refractivity contribution < 1.29 is 8.78 Å². The highest BCUT2D eigenvalue weighted by molar-refractivity contribution is 5.77. The number of pyridine rings is 1. The summed E-state index contributed by atoms with van der Waals surface area (Å²) in [5, 5.41) is 0. The molecule has 0 N–H and O–H groups in total. The second-order valence-corrected chi connectivity index (χ2v) is 2.33. The number of allylic oxidation sites excluding steroid dienone is 1. The first-order valence-corrected chi connectivity index (χ1v) is 3.58. The van der Waals surface area contributed by atoms with E-state index in [1.54, 1.807) is 6.92 Å². The van der Waals surface area contributed by atoms with Crippen molar-refractivity contribution in [1.29, 1.82) is 0 Å². The van der Waals surface area contributed by atoms with Gasteiger partial charge in [0.25, 0.3) is 0 Å². The average Bonchev–Trinajstić information content (AvgIpc) is 2.04. The lowest BCUT2D eigenvalue weighted by atomic mass is 10.1. The van der Waals surface area contributed by atoms with Gasteiger partial charge in [-0.05, 0) is 6.92 Å². The molecule has 1 aromatic heterocycles. The fourth-order valence-electron chi connectivity index (χ4n) is 0.913. The Morgan fingerprint density at radius 1 is 1.38 bits per heavy atom. The van der Waals surface area contributed by atoms with Gasteiger partial charge in [-0.2, -0.15) is 0 Å². The van der Waals surface area contributed by atoms with Gasteiger partial charge >= 0.3 is 0 Å². The van der Waals surface area contributed by atoms with Crippen LogP contribution in [0.4, 0.5) is 8.78 Å². The summed E-state index contributed by atoms with van der Waals surface area (Å²) >= 11 is 0. The van der Waals surface area contributed by atoms with Gasteiger partial charge in [-0.25, -0.2) is 8.78 Å². The summed E-state index contributed by atoms with van der Waals surface area (Å²) in [7, 11) is 0. The molecule has 0 aromatic carbocycles. The second kappa shape index (κ2) is 3.81. The van der Waals surface area contributed by atoms with E-state index in [1.165, 1.54) is 0 Å². The Kier molecular flexibility index (Phi) is 2.76. The molecule has 1 rings (SSSR count). The molecule has 0 bridgehead atoms. The van der Waals surface area contributed by atoms with E-state index in [0.29, 0.717) is 0 Å². The van der Waals surface area contributed by atoms with Gasteiger partial charge in [0.1, 0.15) is 0 Å². The van der Waals surface area contributed by atoms with Gasteiger partial charge in [-0.1, -0.05) is 12.5 Å². The van der Waals surface area contributed by atoms with Gasteiger partial charge in [0.15, 0.2) is 11.6 Å². The third-order valence-electron chi connectivity index (χ3n) is 1.43. The van der Waals surface area contributed by atoms with E-state index in [1.807, 2.05) is 0 Å². The van der Waals surface area contributed by atoms with Crippen molar-refractivity contribution in [2.45, 2.75) is 6.92 Å². The van der Waals surface area contributed by atoms with Crippen LogP contribution in [-0.2, 0) is 0 Å². The number of nitrogens with zero attached hydrogens (tertiary/aromatic N) is 1. The van der Waals surface area contributed by atoms with Crippen LogP contribution in [0.3, 0.4) is 0 Å². The Labute approximate surface area is 75.1 Å². The summed E-state index contributed by atoms with van der Waals surface area (Å²) in [6, 6.07) is 0. The summed E-state index contributed by atoms with van der Waals surface area (Å²) in [5.41, 5.74) is -0.0794. The van der Waals surface area contributed by atoms with Crippen LogP contribution >= 0.6 is 0 Å².